The molecule has 2 aromatic heterocycles. The van der Waals surface area contributed by atoms with Crippen LogP contribution >= 0.6 is 11.5 Å². The summed E-state index contributed by atoms with van der Waals surface area (Å²) < 4.78 is 5.24. The van der Waals surface area contributed by atoms with Crippen LogP contribution in [0.1, 0.15) is 23.1 Å². The summed E-state index contributed by atoms with van der Waals surface area (Å²) in [6.07, 6.45) is 1.45. The topological polar surface area (TPSA) is 73.6 Å². The first-order chi connectivity index (χ1) is 6.77. The molecule has 2 aromatic rings. The number of Topliss-reactive ketones (excluding diaryl/α,β-unsaturated/α-hetero) is 1. The van der Waals surface area contributed by atoms with Gasteiger partial charge in [0, 0.05) is 12.3 Å². The molecule has 0 aromatic carbocycles. The van der Waals surface area contributed by atoms with Crippen molar-refractivity contribution in [3.8, 4) is 0 Å². The first-order valence-corrected chi connectivity index (χ1v) is 4.76. The molecule has 0 radical (unpaired) electrons. The highest BCUT2D eigenvalue weighted by Crippen LogP contribution is 2.03. The van der Waals surface area contributed by atoms with Gasteiger partial charge in [0.2, 0.25) is 0 Å². The molecule has 0 saturated carbocycles. The number of carbonyl (C=O) groups excluding carboxylic acids is 1. The number of hydrogen-bond acceptors (Lipinski definition) is 6. The average Bonchev–Trinajstić information content (AvgIpc) is 2.75. The van der Waals surface area contributed by atoms with Crippen LogP contribution in [0, 0.1) is 0 Å². The van der Waals surface area contributed by atoms with E-state index in [2.05, 4.69) is 19.9 Å². The molecule has 0 spiro atoms. The van der Waals surface area contributed by atoms with E-state index in [0.717, 1.165) is 5.69 Å². The highest BCUT2D eigenvalue weighted by molar-refractivity contribution is 7.03. The van der Waals surface area contributed by atoms with Crippen LogP contribution < -0.4 is 0 Å². The van der Waals surface area contributed by atoms with Gasteiger partial charge < -0.3 is 0 Å². The lowest BCUT2D eigenvalue weighted by molar-refractivity contribution is 0.100. The van der Waals surface area contributed by atoms with Gasteiger partial charge in [-0.1, -0.05) is 9.70 Å². The zero-order chi connectivity index (χ0) is 9.97. The summed E-state index contributed by atoms with van der Waals surface area (Å²) in [6, 6.07) is 0. The smallest absolute Gasteiger partial charge is 0.179 e. The van der Waals surface area contributed by atoms with Crippen molar-refractivity contribution < 1.29 is 4.79 Å². The van der Waals surface area contributed by atoms with E-state index in [4.69, 9.17) is 0 Å². The van der Waals surface area contributed by atoms with Crippen LogP contribution in [-0.4, -0.2) is 30.4 Å². The molecule has 14 heavy (non-hydrogen) atoms. The molecule has 6 nitrogen and oxygen atoms in total. The standard InChI is InChI=1S/C7H7N5OS/c1-5(13)7-2-8-10-12(7)3-6-4-14-11-9-6/h2,4H,3H2,1H3. The van der Waals surface area contributed by atoms with Crippen molar-refractivity contribution in [3.63, 3.8) is 0 Å². The van der Waals surface area contributed by atoms with Gasteiger partial charge in [0.25, 0.3) is 0 Å². The van der Waals surface area contributed by atoms with Crippen molar-refractivity contribution >= 4 is 17.3 Å². The van der Waals surface area contributed by atoms with E-state index >= 15 is 0 Å². The van der Waals surface area contributed by atoms with Crippen LogP contribution in [-0.2, 0) is 6.54 Å². The van der Waals surface area contributed by atoms with Crippen molar-refractivity contribution in [2.24, 2.45) is 0 Å². The predicted octanol–water partition coefficient (Wildman–Crippen LogP) is 0.380. The van der Waals surface area contributed by atoms with Gasteiger partial charge in [-0.2, -0.15) is 0 Å². The third-order valence-electron chi connectivity index (χ3n) is 1.70. The van der Waals surface area contributed by atoms with Gasteiger partial charge >= 0.3 is 0 Å². The average molecular weight is 209 g/mol. The lowest BCUT2D eigenvalue weighted by Crippen LogP contribution is -2.09. The van der Waals surface area contributed by atoms with E-state index in [-0.39, 0.29) is 5.78 Å². The van der Waals surface area contributed by atoms with Crippen molar-refractivity contribution in [2.75, 3.05) is 0 Å². The second-order valence-electron chi connectivity index (χ2n) is 2.73. The largest absolute Gasteiger partial charge is 0.293 e. The second-order valence-corrected chi connectivity index (χ2v) is 3.34. The molecule has 0 N–H and O–H groups in total. The van der Waals surface area contributed by atoms with E-state index < -0.39 is 0 Å². The lowest BCUT2D eigenvalue weighted by atomic mass is 10.3. The maximum absolute atomic E-state index is 11.1. The first kappa shape index (κ1) is 8.95. The molecule has 0 unspecified atom stereocenters. The fourth-order valence-electron chi connectivity index (χ4n) is 1.05. The fourth-order valence-corrected chi connectivity index (χ4v) is 1.50. The summed E-state index contributed by atoms with van der Waals surface area (Å²) >= 11 is 1.27. The van der Waals surface area contributed by atoms with Gasteiger partial charge in [0.1, 0.15) is 5.69 Å². The zero-order valence-electron chi connectivity index (χ0n) is 7.41. The predicted molar refractivity (Wildman–Crippen MR) is 49.0 cm³/mol. The normalized spacial score (nSPS) is 10.4. The molecular weight excluding hydrogens is 202 g/mol. The quantitative estimate of drug-likeness (QED) is 0.683. The van der Waals surface area contributed by atoms with Crippen LogP contribution in [0.4, 0.5) is 0 Å². The Morgan fingerprint density at radius 3 is 3.14 bits per heavy atom. The zero-order valence-corrected chi connectivity index (χ0v) is 8.23. The van der Waals surface area contributed by atoms with Gasteiger partial charge in [-0.25, -0.2) is 4.68 Å². The molecule has 72 valence electrons. The third kappa shape index (κ3) is 1.67. The number of nitrogens with zero attached hydrogens (tertiary/aromatic N) is 5. The van der Waals surface area contributed by atoms with E-state index in [1.54, 1.807) is 0 Å². The number of aromatic nitrogens is 5. The molecule has 0 aliphatic heterocycles. The van der Waals surface area contributed by atoms with Crippen LogP contribution in [0.15, 0.2) is 11.6 Å². The van der Waals surface area contributed by atoms with Crippen LogP contribution in [0.5, 0.6) is 0 Å². The van der Waals surface area contributed by atoms with Crippen molar-refractivity contribution in [3.05, 3.63) is 23.0 Å². The number of rotatable bonds is 3. The minimum absolute atomic E-state index is 0.0572. The summed E-state index contributed by atoms with van der Waals surface area (Å²) in [5, 5.41) is 13.1. The Bertz CT molecular complexity index is 435. The van der Waals surface area contributed by atoms with Crippen molar-refractivity contribution in [1.29, 1.82) is 0 Å². The third-order valence-corrected chi connectivity index (χ3v) is 2.25. The minimum atomic E-state index is -0.0572. The molecule has 0 aliphatic rings. The van der Waals surface area contributed by atoms with Gasteiger partial charge in [0.15, 0.2) is 5.78 Å². The molecule has 0 atom stereocenters. The second kappa shape index (κ2) is 3.62. The lowest BCUT2D eigenvalue weighted by Gasteiger charge is -1.99. The van der Waals surface area contributed by atoms with E-state index in [1.165, 1.54) is 29.3 Å². The number of hydrogen-bond donors (Lipinski definition) is 0. The molecule has 2 heterocycles. The van der Waals surface area contributed by atoms with E-state index in [0.29, 0.717) is 12.2 Å². The Morgan fingerprint density at radius 1 is 1.64 bits per heavy atom. The van der Waals surface area contributed by atoms with Crippen LogP contribution in [0.2, 0.25) is 0 Å². The van der Waals surface area contributed by atoms with Crippen LogP contribution in [0.25, 0.3) is 0 Å². The highest BCUT2D eigenvalue weighted by atomic mass is 32.1. The van der Waals surface area contributed by atoms with Crippen molar-refractivity contribution in [1.82, 2.24) is 24.6 Å². The maximum atomic E-state index is 11.1. The van der Waals surface area contributed by atoms with Crippen LogP contribution in [0.3, 0.4) is 0 Å². The molecule has 7 heteroatoms. The Hall–Kier alpha value is -1.63. The Balaban J connectivity index is 2.25. The first-order valence-electron chi connectivity index (χ1n) is 3.92. The summed E-state index contributed by atoms with van der Waals surface area (Å²) in [4.78, 5) is 11.1. The van der Waals surface area contributed by atoms with Gasteiger partial charge in [-0.15, -0.1) is 10.2 Å². The summed E-state index contributed by atoms with van der Waals surface area (Å²) in [6.45, 7) is 1.92. The molecule has 0 amide bonds. The van der Waals surface area contributed by atoms with Gasteiger partial charge in [-0.3, -0.25) is 4.79 Å². The fraction of sp³-hybridized carbons (Fsp3) is 0.286. The SMILES string of the molecule is CC(=O)c1cnnn1Cc1csnn1. The van der Waals surface area contributed by atoms with Crippen molar-refractivity contribution in [2.45, 2.75) is 13.5 Å². The monoisotopic (exact) mass is 209 g/mol. The Morgan fingerprint density at radius 2 is 2.50 bits per heavy atom. The summed E-state index contributed by atoms with van der Waals surface area (Å²) in [5.41, 5.74) is 1.26. The molecule has 0 bridgehead atoms. The number of carbonyl (C=O) groups is 1. The molecule has 0 fully saturated rings. The van der Waals surface area contributed by atoms with E-state index in [1.807, 2.05) is 5.38 Å². The summed E-state index contributed by atoms with van der Waals surface area (Å²) in [5.74, 6) is -0.0572. The highest BCUT2D eigenvalue weighted by Gasteiger charge is 2.09. The van der Waals surface area contributed by atoms with E-state index in [9.17, 15) is 4.79 Å². The Kier molecular flexibility index (Phi) is 2.32. The van der Waals surface area contributed by atoms with Gasteiger partial charge in [0.05, 0.1) is 18.4 Å². The summed E-state index contributed by atoms with van der Waals surface area (Å²) in [7, 11) is 0. The minimum Gasteiger partial charge on any atom is -0.293 e. The van der Waals surface area contributed by atoms with Gasteiger partial charge in [-0.05, 0) is 11.5 Å². The maximum Gasteiger partial charge on any atom is 0.179 e. The molecular formula is C7H7N5OS. The molecule has 0 aliphatic carbocycles. The molecule has 0 saturated heterocycles. The number of ketones is 1. The molecule has 2 rings (SSSR count). The Labute approximate surface area is 83.7 Å².